The summed E-state index contributed by atoms with van der Waals surface area (Å²) in [5.74, 6) is -1.19. The average Bonchev–Trinajstić information content (AvgIpc) is 2.94. The van der Waals surface area contributed by atoms with Crippen LogP contribution in [-0.2, 0) is 10.0 Å². The number of carboxylic acid groups (broad SMARTS) is 1. The number of aromatic carboxylic acids is 1. The van der Waals surface area contributed by atoms with Crippen LogP contribution in [0.2, 0.25) is 0 Å². The fourth-order valence-electron chi connectivity index (χ4n) is 2.51. The number of nitrogens with zero attached hydrogens (tertiary/aromatic N) is 2. The van der Waals surface area contributed by atoms with Gasteiger partial charge in [0.1, 0.15) is 9.77 Å². The lowest BCUT2D eigenvalue weighted by Gasteiger charge is -2.26. The highest BCUT2D eigenvalue weighted by Gasteiger charge is 2.37. The Hall–Kier alpha value is -0.960. The molecule has 0 amide bonds. The molecule has 112 valence electrons. The van der Waals surface area contributed by atoms with E-state index in [0.29, 0.717) is 13.1 Å². The third kappa shape index (κ3) is 2.88. The van der Waals surface area contributed by atoms with E-state index in [2.05, 4.69) is 0 Å². The van der Waals surface area contributed by atoms with Gasteiger partial charge in [0.15, 0.2) is 0 Å². The Labute approximate surface area is 122 Å². The standard InChI is InChI=1S/C12H18N2O4S2/c1-13(2)8-9-4-3-6-14(9)20(17,18)10-5-7-19-11(10)12(15)16/h5,7,9H,3-4,6,8H2,1-2H3,(H,15,16). The first kappa shape index (κ1) is 15.4. The topological polar surface area (TPSA) is 77.9 Å². The molecule has 2 rings (SSSR count). The van der Waals surface area contributed by atoms with Gasteiger partial charge in [-0.05, 0) is 38.4 Å². The number of carboxylic acids is 1. The molecular formula is C12H18N2O4S2. The van der Waals surface area contributed by atoms with Crippen molar-refractivity contribution in [3.63, 3.8) is 0 Å². The first-order valence-electron chi connectivity index (χ1n) is 6.31. The predicted molar refractivity (Wildman–Crippen MR) is 76.7 cm³/mol. The molecule has 20 heavy (non-hydrogen) atoms. The second-order valence-electron chi connectivity index (χ2n) is 5.09. The van der Waals surface area contributed by atoms with E-state index in [1.165, 1.54) is 15.8 Å². The summed E-state index contributed by atoms with van der Waals surface area (Å²) in [6, 6.07) is 1.30. The lowest BCUT2D eigenvalue weighted by atomic mass is 10.2. The number of likely N-dealkylation sites (N-methyl/N-ethyl adjacent to an activating group) is 1. The van der Waals surface area contributed by atoms with Gasteiger partial charge in [-0.2, -0.15) is 4.31 Å². The zero-order chi connectivity index (χ0) is 14.9. The number of rotatable bonds is 5. The highest BCUT2D eigenvalue weighted by atomic mass is 32.2. The smallest absolute Gasteiger partial charge is 0.347 e. The van der Waals surface area contributed by atoms with Crippen LogP contribution in [0.3, 0.4) is 0 Å². The van der Waals surface area contributed by atoms with Crippen LogP contribution < -0.4 is 0 Å². The van der Waals surface area contributed by atoms with E-state index >= 15 is 0 Å². The Morgan fingerprint density at radius 3 is 2.85 bits per heavy atom. The van der Waals surface area contributed by atoms with Crippen LogP contribution in [0.5, 0.6) is 0 Å². The normalized spacial score (nSPS) is 20.6. The number of hydrogen-bond acceptors (Lipinski definition) is 5. The molecule has 1 aliphatic rings. The molecule has 0 bridgehead atoms. The summed E-state index contributed by atoms with van der Waals surface area (Å²) in [6.45, 7) is 1.10. The van der Waals surface area contributed by atoms with Crippen molar-refractivity contribution in [3.8, 4) is 0 Å². The Morgan fingerprint density at radius 1 is 1.55 bits per heavy atom. The van der Waals surface area contributed by atoms with Gasteiger partial charge >= 0.3 is 5.97 Å². The minimum atomic E-state index is -3.73. The molecule has 0 aliphatic carbocycles. The summed E-state index contributed by atoms with van der Waals surface area (Å²) < 4.78 is 26.8. The van der Waals surface area contributed by atoms with E-state index in [1.807, 2.05) is 19.0 Å². The van der Waals surface area contributed by atoms with Gasteiger partial charge in [-0.1, -0.05) is 0 Å². The van der Waals surface area contributed by atoms with Crippen LogP contribution in [-0.4, -0.2) is 61.9 Å². The molecule has 2 heterocycles. The molecule has 1 fully saturated rings. The zero-order valence-electron chi connectivity index (χ0n) is 11.4. The zero-order valence-corrected chi connectivity index (χ0v) is 13.1. The molecule has 1 aromatic heterocycles. The van der Waals surface area contributed by atoms with Gasteiger partial charge in [0.25, 0.3) is 0 Å². The largest absolute Gasteiger partial charge is 0.477 e. The van der Waals surface area contributed by atoms with Crippen molar-refractivity contribution in [1.29, 1.82) is 0 Å². The predicted octanol–water partition coefficient (Wildman–Crippen LogP) is 1.16. The Morgan fingerprint density at radius 2 is 2.25 bits per heavy atom. The average molecular weight is 318 g/mol. The SMILES string of the molecule is CN(C)CC1CCCN1S(=O)(=O)c1ccsc1C(=O)O. The summed E-state index contributed by atoms with van der Waals surface area (Å²) >= 11 is 0.943. The monoisotopic (exact) mass is 318 g/mol. The maximum atomic E-state index is 12.7. The number of thiophene rings is 1. The van der Waals surface area contributed by atoms with E-state index in [4.69, 9.17) is 5.11 Å². The maximum Gasteiger partial charge on any atom is 0.347 e. The molecule has 1 atom stereocenters. The van der Waals surface area contributed by atoms with E-state index < -0.39 is 16.0 Å². The summed E-state index contributed by atoms with van der Waals surface area (Å²) in [6.07, 6.45) is 1.62. The summed E-state index contributed by atoms with van der Waals surface area (Å²) in [5, 5.41) is 10.6. The lowest BCUT2D eigenvalue weighted by Crippen LogP contribution is -2.41. The van der Waals surface area contributed by atoms with Crippen molar-refractivity contribution < 1.29 is 18.3 Å². The van der Waals surface area contributed by atoms with Gasteiger partial charge in [0.05, 0.1) is 0 Å². The molecule has 1 aliphatic heterocycles. The third-order valence-corrected chi connectivity index (χ3v) is 6.33. The molecule has 1 saturated heterocycles. The Kier molecular flexibility index (Phi) is 4.48. The highest BCUT2D eigenvalue weighted by Crippen LogP contribution is 2.30. The van der Waals surface area contributed by atoms with Crippen molar-refractivity contribution >= 4 is 27.3 Å². The molecule has 0 aromatic carbocycles. The van der Waals surface area contributed by atoms with Crippen LogP contribution in [0.15, 0.2) is 16.3 Å². The van der Waals surface area contributed by atoms with Crippen molar-refractivity contribution in [2.24, 2.45) is 0 Å². The minimum absolute atomic E-state index is 0.0827. The van der Waals surface area contributed by atoms with Gasteiger partial charge in [0.2, 0.25) is 10.0 Å². The number of hydrogen-bond donors (Lipinski definition) is 1. The minimum Gasteiger partial charge on any atom is -0.477 e. The van der Waals surface area contributed by atoms with Gasteiger partial charge in [-0.25, -0.2) is 13.2 Å². The molecule has 1 aromatic rings. The maximum absolute atomic E-state index is 12.7. The van der Waals surface area contributed by atoms with E-state index in [1.54, 1.807) is 0 Å². The Bertz CT molecular complexity index is 594. The highest BCUT2D eigenvalue weighted by molar-refractivity contribution is 7.89. The fraction of sp³-hybridized carbons (Fsp3) is 0.583. The second-order valence-corrected chi connectivity index (χ2v) is 7.87. The van der Waals surface area contributed by atoms with Gasteiger partial charge < -0.3 is 10.0 Å². The summed E-state index contributed by atoms with van der Waals surface area (Å²) in [5.41, 5.74) is 0. The summed E-state index contributed by atoms with van der Waals surface area (Å²) in [7, 11) is 0.0688. The quantitative estimate of drug-likeness (QED) is 0.881. The molecular weight excluding hydrogens is 300 g/mol. The van der Waals surface area contributed by atoms with Gasteiger partial charge in [-0.15, -0.1) is 11.3 Å². The van der Waals surface area contributed by atoms with Crippen molar-refractivity contribution in [1.82, 2.24) is 9.21 Å². The fourth-order valence-corrected chi connectivity index (χ4v) is 5.43. The van der Waals surface area contributed by atoms with Crippen LogP contribution >= 0.6 is 11.3 Å². The molecule has 1 N–H and O–H groups in total. The van der Waals surface area contributed by atoms with Crippen LogP contribution in [0.4, 0.5) is 0 Å². The van der Waals surface area contributed by atoms with Crippen LogP contribution in [0, 0.1) is 0 Å². The summed E-state index contributed by atoms with van der Waals surface area (Å²) in [4.78, 5) is 12.9. The molecule has 0 saturated carbocycles. The molecule has 8 heteroatoms. The van der Waals surface area contributed by atoms with Crippen molar-refractivity contribution in [3.05, 3.63) is 16.3 Å². The van der Waals surface area contributed by atoms with E-state index in [9.17, 15) is 13.2 Å². The second kappa shape index (κ2) is 5.80. The van der Waals surface area contributed by atoms with Crippen molar-refractivity contribution in [2.45, 2.75) is 23.8 Å². The first-order chi connectivity index (χ1) is 9.34. The number of sulfonamides is 1. The lowest BCUT2D eigenvalue weighted by molar-refractivity contribution is 0.0698. The third-order valence-electron chi connectivity index (χ3n) is 3.31. The molecule has 6 nitrogen and oxygen atoms in total. The molecule has 0 spiro atoms. The van der Waals surface area contributed by atoms with Gasteiger partial charge in [0, 0.05) is 19.1 Å². The van der Waals surface area contributed by atoms with Gasteiger partial charge in [-0.3, -0.25) is 0 Å². The Balaban J connectivity index is 2.34. The number of carbonyl (C=O) groups is 1. The van der Waals surface area contributed by atoms with Crippen molar-refractivity contribution in [2.75, 3.05) is 27.2 Å². The first-order valence-corrected chi connectivity index (χ1v) is 8.63. The van der Waals surface area contributed by atoms with Crippen LogP contribution in [0.1, 0.15) is 22.5 Å². The molecule has 1 unspecified atom stereocenters. The van der Waals surface area contributed by atoms with E-state index in [0.717, 1.165) is 24.2 Å². The van der Waals surface area contributed by atoms with Crippen LogP contribution in [0.25, 0.3) is 0 Å². The van der Waals surface area contributed by atoms with E-state index in [-0.39, 0.29) is 15.8 Å². The molecule has 0 radical (unpaired) electrons.